The number of hydrogen-bond donors (Lipinski definition) is 2. The van der Waals surface area contributed by atoms with Crippen molar-refractivity contribution in [2.45, 2.75) is 5.92 Å². The van der Waals surface area contributed by atoms with Gasteiger partial charge in [0.2, 0.25) is 0 Å². The summed E-state index contributed by atoms with van der Waals surface area (Å²) < 4.78 is 13.1. The summed E-state index contributed by atoms with van der Waals surface area (Å²) >= 11 is 5.93. The van der Waals surface area contributed by atoms with E-state index in [4.69, 9.17) is 11.6 Å². The molecule has 3 nitrogen and oxygen atoms in total. The number of carbonyl (C=O) groups is 1. The molecule has 0 aromatic heterocycles. The van der Waals surface area contributed by atoms with Crippen LogP contribution in [0, 0.1) is 5.82 Å². The fourth-order valence-corrected chi connectivity index (χ4v) is 2.06. The van der Waals surface area contributed by atoms with Gasteiger partial charge in [-0.3, -0.25) is 4.79 Å². The highest BCUT2D eigenvalue weighted by Gasteiger charge is 2.19. The molecule has 2 aromatic rings. The van der Waals surface area contributed by atoms with Crippen molar-refractivity contribution in [3.05, 3.63) is 64.9 Å². The lowest BCUT2D eigenvalue weighted by atomic mass is 9.99. The van der Waals surface area contributed by atoms with Gasteiger partial charge in [0.1, 0.15) is 5.82 Å². The topological polar surface area (TPSA) is 49.3 Å². The van der Waals surface area contributed by atoms with E-state index in [-0.39, 0.29) is 6.54 Å². The van der Waals surface area contributed by atoms with E-state index in [0.717, 1.165) is 0 Å². The second kappa shape index (κ2) is 6.39. The lowest BCUT2D eigenvalue weighted by Crippen LogP contribution is -2.21. The molecule has 0 amide bonds. The van der Waals surface area contributed by atoms with Gasteiger partial charge in [0, 0.05) is 6.54 Å². The van der Waals surface area contributed by atoms with E-state index < -0.39 is 17.7 Å². The van der Waals surface area contributed by atoms with Crippen molar-refractivity contribution in [2.75, 3.05) is 11.9 Å². The second-order valence-corrected chi connectivity index (χ2v) is 4.71. The molecule has 104 valence electrons. The first kappa shape index (κ1) is 14.3. The quantitative estimate of drug-likeness (QED) is 0.882. The normalized spacial score (nSPS) is 11.9. The van der Waals surface area contributed by atoms with Crippen molar-refractivity contribution >= 4 is 23.3 Å². The van der Waals surface area contributed by atoms with Crippen LogP contribution >= 0.6 is 11.6 Å². The SMILES string of the molecule is O=C(O)C(CNc1cc(F)ccc1Cl)c1ccccc1. The van der Waals surface area contributed by atoms with E-state index in [9.17, 15) is 14.3 Å². The van der Waals surface area contributed by atoms with Crippen molar-refractivity contribution in [3.63, 3.8) is 0 Å². The maximum Gasteiger partial charge on any atom is 0.312 e. The molecule has 0 spiro atoms. The molecular formula is C15H13ClFNO2. The average molecular weight is 294 g/mol. The van der Waals surface area contributed by atoms with Crippen LogP contribution in [0.15, 0.2) is 48.5 Å². The van der Waals surface area contributed by atoms with Crippen LogP contribution in [0.1, 0.15) is 11.5 Å². The molecule has 0 aliphatic heterocycles. The number of carboxylic acids is 1. The molecule has 2 N–H and O–H groups in total. The van der Waals surface area contributed by atoms with E-state index in [1.54, 1.807) is 24.3 Å². The van der Waals surface area contributed by atoms with Gasteiger partial charge in [0.25, 0.3) is 0 Å². The van der Waals surface area contributed by atoms with Crippen LogP contribution < -0.4 is 5.32 Å². The summed E-state index contributed by atoms with van der Waals surface area (Å²) in [6, 6.07) is 12.8. The number of aliphatic carboxylic acids is 1. The standard InChI is InChI=1S/C15H13ClFNO2/c16-13-7-6-11(17)8-14(13)18-9-12(15(19)20)10-4-2-1-3-5-10/h1-8,12,18H,9H2,(H,19,20). The molecule has 0 saturated heterocycles. The Bertz CT molecular complexity index is 604. The van der Waals surface area contributed by atoms with Crippen LogP contribution in [0.25, 0.3) is 0 Å². The van der Waals surface area contributed by atoms with Gasteiger partial charge in [0.15, 0.2) is 0 Å². The molecule has 2 aromatic carbocycles. The van der Waals surface area contributed by atoms with Gasteiger partial charge in [-0.05, 0) is 23.8 Å². The first-order chi connectivity index (χ1) is 9.58. The van der Waals surface area contributed by atoms with E-state index in [1.165, 1.54) is 18.2 Å². The third-order valence-corrected chi connectivity index (χ3v) is 3.25. The summed E-state index contributed by atoms with van der Waals surface area (Å²) in [7, 11) is 0. The zero-order valence-electron chi connectivity index (χ0n) is 10.5. The summed E-state index contributed by atoms with van der Waals surface area (Å²) in [5.41, 5.74) is 1.06. The van der Waals surface area contributed by atoms with Gasteiger partial charge in [0.05, 0.1) is 16.6 Å². The van der Waals surface area contributed by atoms with Crippen LogP contribution in [0.3, 0.4) is 0 Å². The van der Waals surface area contributed by atoms with Crippen LogP contribution in [0.5, 0.6) is 0 Å². The predicted octanol–water partition coefficient (Wildman–Crippen LogP) is 3.76. The first-order valence-corrected chi connectivity index (χ1v) is 6.42. The number of nitrogens with one attached hydrogen (secondary N) is 1. The summed E-state index contributed by atoms with van der Waals surface area (Å²) in [4.78, 5) is 11.3. The predicted molar refractivity (Wildman–Crippen MR) is 76.7 cm³/mol. The van der Waals surface area contributed by atoms with E-state index in [1.807, 2.05) is 6.07 Å². The second-order valence-electron chi connectivity index (χ2n) is 4.31. The molecular weight excluding hydrogens is 281 g/mol. The number of hydrogen-bond acceptors (Lipinski definition) is 2. The van der Waals surface area contributed by atoms with Gasteiger partial charge >= 0.3 is 5.97 Å². The molecule has 0 fully saturated rings. The minimum Gasteiger partial charge on any atom is -0.481 e. The molecule has 0 radical (unpaired) electrons. The smallest absolute Gasteiger partial charge is 0.312 e. The van der Waals surface area contributed by atoms with Crippen LogP contribution in [0.4, 0.5) is 10.1 Å². The zero-order valence-corrected chi connectivity index (χ0v) is 11.3. The van der Waals surface area contributed by atoms with E-state index >= 15 is 0 Å². The molecule has 2 rings (SSSR count). The minimum absolute atomic E-state index is 0.127. The summed E-state index contributed by atoms with van der Waals surface area (Å²) in [6.07, 6.45) is 0. The lowest BCUT2D eigenvalue weighted by Gasteiger charge is -2.15. The van der Waals surface area contributed by atoms with Gasteiger partial charge in [-0.2, -0.15) is 0 Å². The van der Waals surface area contributed by atoms with E-state index in [0.29, 0.717) is 16.3 Å². The van der Waals surface area contributed by atoms with Gasteiger partial charge < -0.3 is 10.4 Å². The Kier molecular flexibility index (Phi) is 4.58. The molecule has 1 atom stereocenters. The van der Waals surface area contributed by atoms with E-state index in [2.05, 4.69) is 5.32 Å². The Morgan fingerprint density at radius 1 is 1.25 bits per heavy atom. The Balaban J connectivity index is 2.14. The highest BCUT2D eigenvalue weighted by atomic mass is 35.5. The van der Waals surface area contributed by atoms with Crippen molar-refractivity contribution in [2.24, 2.45) is 0 Å². The van der Waals surface area contributed by atoms with Crippen LogP contribution in [-0.4, -0.2) is 17.6 Å². The number of carboxylic acid groups (broad SMARTS) is 1. The Morgan fingerprint density at radius 3 is 2.60 bits per heavy atom. The molecule has 20 heavy (non-hydrogen) atoms. The Morgan fingerprint density at radius 2 is 1.95 bits per heavy atom. The Labute approximate surface area is 121 Å². The molecule has 0 aliphatic rings. The maximum absolute atomic E-state index is 13.1. The first-order valence-electron chi connectivity index (χ1n) is 6.04. The molecule has 0 saturated carbocycles. The monoisotopic (exact) mass is 293 g/mol. The van der Waals surface area contributed by atoms with Crippen molar-refractivity contribution in [1.82, 2.24) is 0 Å². The molecule has 1 unspecified atom stereocenters. The molecule has 0 bridgehead atoms. The summed E-state index contributed by atoms with van der Waals surface area (Å²) in [5, 5.41) is 12.5. The van der Waals surface area contributed by atoms with Gasteiger partial charge in [-0.1, -0.05) is 41.9 Å². The van der Waals surface area contributed by atoms with Crippen LogP contribution in [0.2, 0.25) is 5.02 Å². The van der Waals surface area contributed by atoms with Gasteiger partial charge in [-0.15, -0.1) is 0 Å². The number of anilines is 1. The highest BCUT2D eigenvalue weighted by molar-refractivity contribution is 6.33. The number of benzene rings is 2. The molecule has 0 heterocycles. The van der Waals surface area contributed by atoms with Gasteiger partial charge in [-0.25, -0.2) is 4.39 Å². The highest BCUT2D eigenvalue weighted by Crippen LogP contribution is 2.24. The molecule has 5 heteroatoms. The number of rotatable bonds is 5. The summed E-state index contributed by atoms with van der Waals surface area (Å²) in [5.74, 6) is -2.10. The third-order valence-electron chi connectivity index (χ3n) is 2.93. The van der Waals surface area contributed by atoms with Crippen LogP contribution in [-0.2, 0) is 4.79 Å². The summed E-state index contributed by atoms with van der Waals surface area (Å²) in [6.45, 7) is 0.127. The van der Waals surface area contributed by atoms with Crippen molar-refractivity contribution in [3.8, 4) is 0 Å². The largest absolute Gasteiger partial charge is 0.481 e. The number of halogens is 2. The fraction of sp³-hybridized carbons (Fsp3) is 0.133. The third kappa shape index (κ3) is 3.48. The maximum atomic E-state index is 13.1. The minimum atomic E-state index is -0.948. The van der Waals surface area contributed by atoms with Crippen molar-refractivity contribution < 1.29 is 14.3 Å². The average Bonchev–Trinajstić information content (AvgIpc) is 2.43. The Hall–Kier alpha value is -2.07. The fourth-order valence-electron chi connectivity index (χ4n) is 1.88. The van der Waals surface area contributed by atoms with Crippen molar-refractivity contribution in [1.29, 1.82) is 0 Å². The molecule has 0 aliphatic carbocycles. The zero-order chi connectivity index (χ0) is 14.5. The lowest BCUT2D eigenvalue weighted by molar-refractivity contribution is -0.138.